The third kappa shape index (κ3) is 3.96. The van der Waals surface area contributed by atoms with Crippen molar-refractivity contribution in [3.05, 3.63) is 57.2 Å². The van der Waals surface area contributed by atoms with E-state index in [1.165, 1.54) is 0 Å². The van der Waals surface area contributed by atoms with E-state index in [4.69, 9.17) is 4.74 Å². The molecule has 0 saturated heterocycles. The van der Waals surface area contributed by atoms with Crippen molar-refractivity contribution in [2.24, 2.45) is 4.99 Å². The summed E-state index contributed by atoms with van der Waals surface area (Å²) in [4.78, 5) is 4.39. The largest absolute Gasteiger partial charge is 0.507 e. The van der Waals surface area contributed by atoms with Crippen molar-refractivity contribution in [1.82, 2.24) is 0 Å². The van der Waals surface area contributed by atoms with Crippen molar-refractivity contribution in [1.29, 1.82) is 0 Å². The summed E-state index contributed by atoms with van der Waals surface area (Å²) in [5.74, 6) is 1.15. The van der Waals surface area contributed by atoms with Crippen LogP contribution in [0.2, 0.25) is 0 Å². The number of aliphatic imine (C=N–C) groups is 1. The highest BCUT2D eigenvalue weighted by Crippen LogP contribution is 2.19. The van der Waals surface area contributed by atoms with Gasteiger partial charge in [0.1, 0.15) is 11.5 Å². The van der Waals surface area contributed by atoms with Crippen molar-refractivity contribution in [2.75, 3.05) is 7.11 Å². The fraction of sp³-hybridized carbons (Fsp3) is 0.133. The first-order chi connectivity index (χ1) is 9.19. The molecule has 0 aliphatic carbocycles. The number of phenolic OH excluding ortho intramolecular Hbond substituents is 1. The molecular formula is C15H14INO2. The average molecular weight is 367 g/mol. The van der Waals surface area contributed by atoms with E-state index < -0.39 is 0 Å². The Hall–Kier alpha value is -1.56. The molecule has 3 nitrogen and oxygen atoms in total. The molecule has 0 atom stereocenters. The minimum Gasteiger partial charge on any atom is -0.507 e. The summed E-state index contributed by atoms with van der Waals surface area (Å²) in [6.07, 6.45) is 1.81. The van der Waals surface area contributed by atoms with Gasteiger partial charge >= 0.3 is 0 Å². The Bertz CT molecular complexity index is 579. The molecule has 0 fully saturated rings. The van der Waals surface area contributed by atoms with Crippen LogP contribution in [0, 0.1) is 3.57 Å². The summed E-state index contributed by atoms with van der Waals surface area (Å²) in [5, 5.41) is 9.43. The predicted octanol–water partition coefficient (Wildman–Crippen LogP) is 3.62. The number of methoxy groups -OCH3 is 1. The smallest absolute Gasteiger partial charge is 0.128 e. The Morgan fingerprint density at radius 1 is 1.21 bits per heavy atom. The third-order valence-electron chi connectivity index (χ3n) is 2.65. The predicted molar refractivity (Wildman–Crippen MR) is 85.1 cm³/mol. The molecule has 0 saturated carbocycles. The standard InChI is InChI=1S/C15H14INO2/c1-19-13-5-2-11(3-6-13)9-17-10-12-4-7-15(18)14(16)8-12/h2-8,10,18H,9H2,1H3. The highest BCUT2D eigenvalue weighted by molar-refractivity contribution is 14.1. The van der Waals surface area contributed by atoms with Crippen LogP contribution >= 0.6 is 22.6 Å². The number of phenols is 1. The van der Waals surface area contributed by atoms with Crippen LogP contribution in [0.5, 0.6) is 11.5 Å². The number of hydrogen-bond donors (Lipinski definition) is 1. The van der Waals surface area contributed by atoms with Crippen LogP contribution in [-0.4, -0.2) is 18.4 Å². The molecule has 0 heterocycles. The molecule has 0 bridgehead atoms. The van der Waals surface area contributed by atoms with Gasteiger partial charge in [0, 0.05) is 6.21 Å². The summed E-state index contributed by atoms with van der Waals surface area (Å²) in [6.45, 7) is 0.626. The van der Waals surface area contributed by atoms with Crippen LogP contribution in [0.4, 0.5) is 0 Å². The van der Waals surface area contributed by atoms with Crippen molar-refractivity contribution < 1.29 is 9.84 Å². The van der Waals surface area contributed by atoms with E-state index in [1.54, 1.807) is 13.2 Å². The number of hydrogen-bond acceptors (Lipinski definition) is 3. The topological polar surface area (TPSA) is 41.8 Å². The monoisotopic (exact) mass is 367 g/mol. The molecule has 0 aliphatic rings. The second-order valence-corrected chi connectivity index (χ2v) is 5.19. The molecule has 2 rings (SSSR count). The number of ether oxygens (including phenoxy) is 1. The number of nitrogens with zero attached hydrogens (tertiary/aromatic N) is 1. The van der Waals surface area contributed by atoms with Gasteiger partial charge in [-0.1, -0.05) is 12.1 Å². The van der Waals surface area contributed by atoms with Gasteiger partial charge in [-0.3, -0.25) is 4.99 Å². The fourth-order valence-electron chi connectivity index (χ4n) is 1.59. The van der Waals surface area contributed by atoms with E-state index >= 15 is 0 Å². The lowest BCUT2D eigenvalue weighted by atomic mass is 10.2. The molecule has 0 aromatic heterocycles. The highest BCUT2D eigenvalue weighted by Gasteiger charge is 1.97. The maximum absolute atomic E-state index is 9.43. The minimum absolute atomic E-state index is 0.299. The van der Waals surface area contributed by atoms with E-state index in [0.29, 0.717) is 12.3 Å². The zero-order chi connectivity index (χ0) is 13.7. The molecule has 1 N–H and O–H groups in total. The molecule has 19 heavy (non-hydrogen) atoms. The van der Waals surface area contributed by atoms with E-state index in [-0.39, 0.29) is 0 Å². The first-order valence-electron chi connectivity index (χ1n) is 5.80. The molecule has 0 unspecified atom stereocenters. The van der Waals surface area contributed by atoms with E-state index in [0.717, 1.165) is 20.4 Å². The second kappa shape index (κ2) is 6.56. The average Bonchev–Trinajstić information content (AvgIpc) is 2.43. The van der Waals surface area contributed by atoms with E-state index in [2.05, 4.69) is 27.6 Å². The lowest BCUT2D eigenvalue weighted by molar-refractivity contribution is 0.414. The summed E-state index contributed by atoms with van der Waals surface area (Å²) in [7, 11) is 1.65. The van der Waals surface area contributed by atoms with Gasteiger partial charge in [-0.2, -0.15) is 0 Å². The zero-order valence-corrected chi connectivity index (χ0v) is 12.7. The van der Waals surface area contributed by atoms with Crippen LogP contribution in [0.25, 0.3) is 0 Å². The van der Waals surface area contributed by atoms with Gasteiger partial charge < -0.3 is 9.84 Å². The number of benzene rings is 2. The Morgan fingerprint density at radius 2 is 1.95 bits per heavy atom. The summed E-state index contributed by atoms with van der Waals surface area (Å²) in [5.41, 5.74) is 2.11. The van der Waals surface area contributed by atoms with Crippen LogP contribution in [0.15, 0.2) is 47.5 Å². The first kappa shape index (κ1) is 13.9. The van der Waals surface area contributed by atoms with Gasteiger partial charge in [0.15, 0.2) is 0 Å². The molecular weight excluding hydrogens is 353 g/mol. The van der Waals surface area contributed by atoms with E-state index in [1.807, 2.05) is 42.6 Å². The van der Waals surface area contributed by atoms with Gasteiger partial charge in [-0.05, 0) is 64.0 Å². The van der Waals surface area contributed by atoms with Crippen molar-refractivity contribution in [2.45, 2.75) is 6.54 Å². The van der Waals surface area contributed by atoms with Crippen molar-refractivity contribution in [3.63, 3.8) is 0 Å². The molecule has 2 aromatic carbocycles. The zero-order valence-electron chi connectivity index (χ0n) is 10.5. The quantitative estimate of drug-likeness (QED) is 0.663. The van der Waals surface area contributed by atoms with Crippen LogP contribution < -0.4 is 4.74 Å². The molecule has 0 amide bonds. The van der Waals surface area contributed by atoms with Crippen LogP contribution in [0.3, 0.4) is 0 Å². The summed E-state index contributed by atoms with van der Waals surface area (Å²) < 4.78 is 5.93. The lowest BCUT2D eigenvalue weighted by Gasteiger charge is -2.01. The first-order valence-corrected chi connectivity index (χ1v) is 6.88. The second-order valence-electron chi connectivity index (χ2n) is 4.03. The maximum Gasteiger partial charge on any atom is 0.128 e. The SMILES string of the molecule is COc1ccc(CN=Cc2ccc(O)c(I)c2)cc1. The molecule has 98 valence electrons. The van der Waals surface area contributed by atoms with Crippen LogP contribution in [0.1, 0.15) is 11.1 Å². The van der Waals surface area contributed by atoms with Crippen molar-refractivity contribution in [3.8, 4) is 11.5 Å². The molecule has 0 spiro atoms. The van der Waals surface area contributed by atoms with Gasteiger partial charge in [0.2, 0.25) is 0 Å². The Morgan fingerprint density at radius 3 is 2.58 bits per heavy atom. The Labute approximate surface area is 126 Å². The van der Waals surface area contributed by atoms with Gasteiger partial charge in [0.25, 0.3) is 0 Å². The summed E-state index contributed by atoms with van der Waals surface area (Å²) in [6, 6.07) is 13.3. The molecule has 2 aromatic rings. The Balaban J connectivity index is 2.00. The van der Waals surface area contributed by atoms with Gasteiger partial charge in [-0.15, -0.1) is 0 Å². The maximum atomic E-state index is 9.43. The molecule has 4 heteroatoms. The minimum atomic E-state index is 0.299. The van der Waals surface area contributed by atoms with Gasteiger partial charge in [0.05, 0.1) is 17.2 Å². The number of aromatic hydroxyl groups is 1. The van der Waals surface area contributed by atoms with E-state index in [9.17, 15) is 5.11 Å². The molecule has 0 aliphatic heterocycles. The number of rotatable bonds is 4. The summed E-state index contributed by atoms with van der Waals surface area (Å²) >= 11 is 2.10. The highest BCUT2D eigenvalue weighted by atomic mass is 127. The normalized spacial score (nSPS) is 10.8. The Kier molecular flexibility index (Phi) is 4.79. The fourth-order valence-corrected chi connectivity index (χ4v) is 2.13. The third-order valence-corrected chi connectivity index (χ3v) is 3.51. The number of halogens is 1. The van der Waals surface area contributed by atoms with Crippen molar-refractivity contribution >= 4 is 28.8 Å². The molecule has 0 radical (unpaired) electrons. The van der Waals surface area contributed by atoms with Crippen LogP contribution in [-0.2, 0) is 6.54 Å². The lowest BCUT2D eigenvalue weighted by Crippen LogP contribution is -1.87. The van der Waals surface area contributed by atoms with Gasteiger partial charge in [-0.25, -0.2) is 0 Å².